The van der Waals surface area contributed by atoms with E-state index in [0.717, 1.165) is 25.1 Å². The van der Waals surface area contributed by atoms with E-state index in [1.807, 2.05) is 6.92 Å². The first kappa shape index (κ1) is 18.1. The van der Waals surface area contributed by atoms with Gasteiger partial charge in [0.25, 0.3) is 5.91 Å². The number of benzene rings is 1. The standard InChI is InChI=1S/C19H23N3O4/c1-3-25-19(24)17-12-21-22(13(17)2)15-8-6-14(7-9-15)18(23)20-11-16-5-4-10-26-16/h6-9,12,16H,3-5,10-11H2,1-2H3,(H,20,23)/t16-/m1/s1. The lowest BCUT2D eigenvalue weighted by molar-refractivity contribution is 0.0525. The molecule has 0 bridgehead atoms. The highest BCUT2D eigenvalue weighted by Gasteiger charge is 2.18. The Bertz CT molecular complexity index is 777. The van der Waals surface area contributed by atoms with Gasteiger partial charge in [-0.2, -0.15) is 5.10 Å². The van der Waals surface area contributed by atoms with Gasteiger partial charge in [-0.3, -0.25) is 4.79 Å². The smallest absolute Gasteiger partial charge is 0.341 e. The summed E-state index contributed by atoms with van der Waals surface area (Å²) < 4.78 is 12.2. The fraction of sp³-hybridized carbons (Fsp3) is 0.421. The van der Waals surface area contributed by atoms with Crippen LogP contribution in [-0.4, -0.2) is 47.5 Å². The summed E-state index contributed by atoms with van der Waals surface area (Å²) in [6, 6.07) is 7.09. The molecule has 1 N–H and O–H groups in total. The summed E-state index contributed by atoms with van der Waals surface area (Å²) in [5.74, 6) is -0.516. The fourth-order valence-corrected chi connectivity index (χ4v) is 2.95. The molecule has 3 rings (SSSR count). The van der Waals surface area contributed by atoms with Gasteiger partial charge in [0.1, 0.15) is 5.56 Å². The van der Waals surface area contributed by atoms with Crippen molar-refractivity contribution < 1.29 is 19.1 Å². The van der Waals surface area contributed by atoms with E-state index in [1.165, 1.54) is 6.20 Å². The molecule has 1 amide bonds. The molecule has 1 aliphatic rings. The van der Waals surface area contributed by atoms with Crippen LogP contribution in [0.15, 0.2) is 30.5 Å². The van der Waals surface area contributed by atoms with E-state index < -0.39 is 0 Å². The Morgan fingerprint density at radius 2 is 2.12 bits per heavy atom. The molecule has 1 atom stereocenters. The molecular formula is C19H23N3O4. The van der Waals surface area contributed by atoms with E-state index in [-0.39, 0.29) is 18.0 Å². The Kier molecular flexibility index (Phi) is 5.68. The van der Waals surface area contributed by atoms with Crippen molar-refractivity contribution in [3.05, 3.63) is 47.3 Å². The lowest BCUT2D eigenvalue weighted by atomic mass is 10.1. The number of carbonyl (C=O) groups excluding carboxylic acids is 2. The highest BCUT2D eigenvalue weighted by atomic mass is 16.5. The average molecular weight is 357 g/mol. The Hall–Kier alpha value is -2.67. The van der Waals surface area contributed by atoms with Crippen LogP contribution in [0.4, 0.5) is 0 Å². The third-order valence-electron chi connectivity index (χ3n) is 4.39. The minimum atomic E-state index is -0.388. The predicted molar refractivity (Wildman–Crippen MR) is 95.6 cm³/mol. The summed E-state index contributed by atoms with van der Waals surface area (Å²) in [4.78, 5) is 24.1. The maximum Gasteiger partial charge on any atom is 0.341 e. The first-order chi connectivity index (χ1) is 12.6. The van der Waals surface area contributed by atoms with E-state index in [4.69, 9.17) is 9.47 Å². The number of rotatable bonds is 6. The maximum absolute atomic E-state index is 12.2. The predicted octanol–water partition coefficient (Wildman–Crippen LogP) is 2.27. The first-order valence-electron chi connectivity index (χ1n) is 8.82. The van der Waals surface area contributed by atoms with Crippen LogP contribution < -0.4 is 5.32 Å². The number of ether oxygens (including phenoxy) is 2. The van der Waals surface area contributed by atoms with Crippen LogP contribution in [0.1, 0.15) is 46.2 Å². The summed E-state index contributed by atoms with van der Waals surface area (Å²) in [5.41, 5.74) is 2.47. The van der Waals surface area contributed by atoms with Gasteiger partial charge >= 0.3 is 5.97 Å². The topological polar surface area (TPSA) is 82.5 Å². The van der Waals surface area contributed by atoms with Crippen molar-refractivity contribution in [1.29, 1.82) is 0 Å². The minimum absolute atomic E-state index is 0.117. The molecule has 7 nitrogen and oxygen atoms in total. The molecular weight excluding hydrogens is 334 g/mol. The van der Waals surface area contributed by atoms with E-state index in [0.29, 0.717) is 30.0 Å². The highest BCUT2D eigenvalue weighted by Crippen LogP contribution is 2.16. The fourth-order valence-electron chi connectivity index (χ4n) is 2.95. The van der Waals surface area contributed by atoms with Crippen LogP contribution in [0, 0.1) is 6.92 Å². The van der Waals surface area contributed by atoms with Crippen molar-refractivity contribution in [3.63, 3.8) is 0 Å². The molecule has 1 aliphatic heterocycles. The van der Waals surface area contributed by atoms with Crippen LogP contribution in [0.25, 0.3) is 5.69 Å². The summed E-state index contributed by atoms with van der Waals surface area (Å²) >= 11 is 0. The van der Waals surface area contributed by atoms with Gasteiger partial charge in [0, 0.05) is 18.7 Å². The number of carbonyl (C=O) groups is 2. The molecule has 0 spiro atoms. The quantitative estimate of drug-likeness (QED) is 0.802. The number of esters is 1. The Morgan fingerprint density at radius 1 is 1.35 bits per heavy atom. The monoisotopic (exact) mass is 357 g/mol. The number of hydrogen-bond donors (Lipinski definition) is 1. The molecule has 2 heterocycles. The van der Waals surface area contributed by atoms with Gasteiger partial charge in [0.2, 0.25) is 0 Å². The van der Waals surface area contributed by atoms with Crippen molar-refractivity contribution in [2.24, 2.45) is 0 Å². The van der Waals surface area contributed by atoms with Crippen molar-refractivity contribution in [2.45, 2.75) is 32.8 Å². The van der Waals surface area contributed by atoms with Crippen molar-refractivity contribution in [2.75, 3.05) is 19.8 Å². The molecule has 1 fully saturated rings. The third-order valence-corrected chi connectivity index (χ3v) is 4.39. The Labute approximate surface area is 152 Å². The van der Waals surface area contributed by atoms with Crippen molar-refractivity contribution >= 4 is 11.9 Å². The third kappa shape index (κ3) is 3.94. The Morgan fingerprint density at radius 3 is 2.77 bits per heavy atom. The minimum Gasteiger partial charge on any atom is -0.462 e. The molecule has 0 saturated carbocycles. The lowest BCUT2D eigenvalue weighted by Crippen LogP contribution is -2.31. The lowest BCUT2D eigenvalue weighted by Gasteiger charge is -2.11. The number of amides is 1. The maximum atomic E-state index is 12.2. The van der Waals surface area contributed by atoms with Crippen molar-refractivity contribution in [3.8, 4) is 5.69 Å². The second-order valence-electron chi connectivity index (χ2n) is 6.17. The Balaban J connectivity index is 1.67. The van der Waals surface area contributed by atoms with Crippen LogP contribution in [0.5, 0.6) is 0 Å². The molecule has 1 aromatic heterocycles. The van der Waals surface area contributed by atoms with Crippen LogP contribution in [0.3, 0.4) is 0 Å². The van der Waals surface area contributed by atoms with E-state index in [1.54, 1.807) is 35.9 Å². The van der Waals surface area contributed by atoms with Gasteiger partial charge in [-0.05, 0) is 51.0 Å². The van der Waals surface area contributed by atoms with E-state index >= 15 is 0 Å². The summed E-state index contributed by atoms with van der Waals surface area (Å²) in [6.07, 6.45) is 3.65. The van der Waals surface area contributed by atoms with Gasteiger partial charge in [-0.25, -0.2) is 9.48 Å². The number of hydrogen-bond acceptors (Lipinski definition) is 5. The summed E-state index contributed by atoms with van der Waals surface area (Å²) in [5, 5.41) is 7.15. The SMILES string of the molecule is CCOC(=O)c1cnn(-c2ccc(C(=O)NC[C@H]3CCCO3)cc2)c1C. The van der Waals surface area contributed by atoms with Gasteiger partial charge in [0.15, 0.2) is 0 Å². The molecule has 1 saturated heterocycles. The van der Waals surface area contributed by atoms with Crippen LogP contribution in [-0.2, 0) is 9.47 Å². The number of nitrogens with one attached hydrogen (secondary N) is 1. The molecule has 0 radical (unpaired) electrons. The van der Waals surface area contributed by atoms with Crippen LogP contribution in [0.2, 0.25) is 0 Å². The van der Waals surface area contributed by atoms with Crippen LogP contribution >= 0.6 is 0 Å². The highest BCUT2D eigenvalue weighted by molar-refractivity contribution is 5.94. The summed E-state index contributed by atoms with van der Waals surface area (Å²) in [6.45, 7) is 5.19. The zero-order chi connectivity index (χ0) is 18.5. The number of aromatic nitrogens is 2. The number of nitrogens with zero attached hydrogens (tertiary/aromatic N) is 2. The average Bonchev–Trinajstić information content (AvgIpc) is 3.29. The normalized spacial score (nSPS) is 16.5. The molecule has 2 aromatic rings. The van der Waals surface area contributed by atoms with Gasteiger partial charge in [0.05, 0.1) is 30.3 Å². The summed E-state index contributed by atoms with van der Waals surface area (Å²) in [7, 11) is 0. The molecule has 0 unspecified atom stereocenters. The second kappa shape index (κ2) is 8.14. The largest absolute Gasteiger partial charge is 0.462 e. The van der Waals surface area contributed by atoms with Crippen molar-refractivity contribution in [1.82, 2.24) is 15.1 Å². The molecule has 0 aliphatic carbocycles. The van der Waals surface area contributed by atoms with Gasteiger partial charge in [-0.15, -0.1) is 0 Å². The van der Waals surface area contributed by atoms with Gasteiger partial charge < -0.3 is 14.8 Å². The molecule has 26 heavy (non-hydrogen) atoms. The zero-order valence-electron chi connectivity index (χ0n) is 15.0. The molecule has 7 heteroatoms. The van der Waals surface area contributed by atoms with Gasteiger partial charge in [-0.1, -0.05) is 0 Å². The molecule has 1 aromatic carbocycles. The van der Waals surface area contributed by atoms with E-state index in [2.05, 4.69) is 10.4 Å². The van der Waals surface area contributed by atoms with E-state index in [9.17, 15) is 9.59 Å². The first-order valence-corrected chi connectivity index (χ1v) is 8.82. The second-order valence-corrected chi connectivity index (χ2v) is 6.17. The molecule has 138 valence electrons. The zero-order valence-corrected chi connectivity index (χ0v) is 15.0.